The van der Waals surface area contributed by atoms with Crippen LogP contribution in [0, 0.1) is 0 Å². The van der Waals surface area contributed by atoms with Crippen molar-refractivity contribution in [3.05, 3.63) is 136 Å². The van der Waals surface area contributed by atoms with Crippen LogP contribution in [0.4, 0.5) is 0 Å². The number of benzene rings is 4. The first-order valence-corrected chi connectivity index (χ1v) is 14.0. The van der Waals surface area contributed by atoms with E-state index in [1.165, 1.54) is 0 Å². The predicted octanol–water partition coefficient (Wildman–Crippen LogP) is 8.41. The second-order valence-corrected chi connectivity index (χ2v) is 10.4. The van der Waals surface area contributed by atoms with Gasteiger partial charge in [-0.05, 0) is 65.9 Å². The van der Waals surface area contributed by atoms with Crippen LogP contribution in [0.2, 0.25) is 5.02 Å². The fourth-order valence-electron chi connectivity index (χ4n) is 5.05. The number of nitrogens with zero attached hydrogens (tertiary/aromatic N) is 1. The minimum absolute atomic E-state index is 0.222. The Hall–Kier alpha value is -3.93. The van der Waals surface area contributed by atoms with Crippen molar-refractivity contribution < 1.29 is 19.1 Å². The van der Waals surface area contributed by atoms with Gasteiger partial charge < -0.3 is 14.3 Å². The lowest BCUT2D eigenvalue weighted by Gasteiger charge is -2.35. The van der Waals surface area contributed by atoms with E-state index in [1.807, 2.05) is 97.1 Å². The molecule has 0 aliphatic heterocycles. The standard InChI is InChI=1S/C34H32ClNO4/c35-30-18-16-29(17-19-30)34(22-8-3-9-23-34)33(37)39-31-20-14-26(15-21-31)24-36-40-32(28-12-6-2-7-13-28)38-25-27-10-4-1-5-11-27/h1-2,4-7,10-21,24,32H,3,8-9,22-23,25H2. The molecule has 1 aliphatic carbocycles. The fourth-order valence-corrected chi connectivity index (χ4v) is 5.18. The third-order valence-corrected chi connectivity index (χ3v) is 7.51. The smallest absolute Gasteiger partial charge is 0.321 e. The van der Waals surface area contributed by atoms with E-state index in [-0.39, 0.29) is 5.97 Å². The molecule has 0 saturated heterocycles. The zero-order chi connectivity index (χ0) is 27.6. The molecular formula is C34H32ClNO4. The molecular weight excluding hydrogens is 522 g/mol. The summed E-state index contributed by atoms with van der Waals surface area (Å²) >= 11 is 6.10. The van der Waals surface area contributed by atoms with E-state index < -0.39 is 11.7 Å². The van der Waals surface area contributed by atoms with E-state index >= 15 is 0 Å². The van der Waals surface area contributed by atoms with E-state index in [0.717, 1.165) is 54.4 Å². The van der Waals surface area contributed by atoms with Crippen LogP contribution in [0.25, 0.3) is 0 Å². The van der Waals surface area contributed by atoms with Crippen LogP contribution in [0.15, 0.2) is 114 Å². The first kappa shape index (κ1) is 27.6. The van der Waals surface area contributed by atoms with Crippen LogP contribution in [0.3, 0.4) is 0 Å². The highest BCUT2D eigenvalue weighted by Crippen LogP contribution is 2.41. The quantitative estimate of drug-likeness (QED) is 0.0650. The molecule has 4 aromatic rings. The normalized spacial score (nSPS) is 15.4. The summed E-state index contributed by atoms with van der Waals surface area (Å²) in [6, 6.07) is 34.4. The first-order valence-electron chi connectivity index (χ1n) is 13.6. The Labute approximate surface area is 240 Å². The number of oxime groups is 1. The van der Waals surface area contributed by atoms with Crippen LogP contribution in [0.1, 0.15) is 60.6 Å². The number of ether oxygens (including phenoxy) is 2. The van der Waals surface area contributed by atoms with E-state index in [2.05, 4.69) is 5.16 Å². The molecule has 1 unspecified atom stereocenters. The van der Waals surface area contributed by atoms with Gasteiger partial charge in [-0.2, -0.15) is 0 Å². The summed E-state index contributed by atoms with van der Waals surface area (Å²) in [6.07, 6.45) is 5.61. The number of halogens is 1. The Morgan fingerprint density at radius 1 is 0.825 bits per heavy atom. The molecule has 0 spiro atoms. The predicted molar refractivity (Wildman–Crippen MR) is 157 cm³/mol. The highest BCUT2D eigenvalue weighted by Gasteiger charge is 2.42. The minimum atomic E-state index is -0.655. The van der Waals surface area contributed by atoms with Gasteiger partial charge in [0.1, 0.15) is 5.75 Å². The molecule has 0 radical (unpaired) electrons. The molecule has 0 aromatic heterocycles. The highest BCUT2D eigenvalue weighted by molar-refractivity contribution is 6.30. The maximum absolute atomic E-state index is 13.5. The largest absolute Gasteiger partial charge is 0.426 e. The molecule has 1 saturated carbocycles. The number of carbonyl (C=O) groups is 1. The van der Waals surface area contributed by atoms with Crippen molar-refractivity contribution in [3.63, 3.8) is 0 Å². The number of hydrogen-bond acceptors (Lipinski definition) is 5. The summed E-state index contributed by atoms with van der Waals surface area (Å²) < 4.78 is 11.9. The van der Waals surface area contributed by atoms with Gasteiger partial charge in [0.25, 0.3) is 6.29 Å². The Morgan fingerprint density at radius 2 is 1.48 bits per heavy atom. The molecule has 0 amide bonds. The van der Waals surface area contributed by atoms with Crippen LogP contribution in [-0.2, 0) is 26.4 Å². The maximum atomic E-state index is 13.5. The number of rotatable bonds is 10. The third kappa shape index (κ3) is 6.98. The summed E-state index contributed by atoms with van der Waals surface area (Å²) in [6.45, 7) is 0.396. The molecule has 6 heteroatoms. The molecule has 1 aliphatic rings. The van der Waals surface area contributed by atoms with E-state index in [9.17, 15) is 4.79 Å². The van der Waals surface area contributed by atoms with E-state index in [4.69, 9.17) is 25.9 Å². The Balaban J connectivity index is 1.23. The van der Waals surface area contributed by atoms with Gasteiger partial charge in [-0.3, -0.25) is 4.79 Å². The zero-order valence-electron chi connectivity index (χ0n) is 22.2. The van der Waals surface area contributed by atoms with Crippen molar-refractivity contribution in [2.75, 3.05) is 0 Å². The average Bonchev–Trinajstić information content (AvgIpc) is 3.01. The van der Waals surface area contributed by atoms with Gasteiger partial charge in [0, 0.05) is 10.6 Å². The lowest BCUT2D eigenvalue weighted by Crippen LogP contribution is -2.41. The lowest BCUT2D eigenvalue weighted by atomic mass is 9.69. The number of esters is 1. The van der Waals surface area contributed by atoms with Gasteiger partial charge in [0.05, 0.1) is 18.2 Å². The summed E-state index contributed by atoms with van der Waals surface area (Å²) in [5, 5.41) is 4.84. The second kappa shape index (κ2) is 13.4. The first-order chi connectivity index (χ1) is 19.6. The Morgan fingerprint density at radius 3 is 2.15 bits per heavy atom. The summed E-state index contributed by atoms with van der Waals surface area (Å²) in [7, 11) is 0. The van der Waals surface area contributed by atoms with Crippen LogP contribution in [0.5, 0.6) is 5.75 Å². The molecule has 0 bridgehead atoms. The Bertz CT molecular complexity index is 1380. The van der Waals surface area contributed by atoms with Crippen molar-refractivity contribution in [1.29, 1.82) is 0 Å². The van der Waals surface area contributed by atoms with Gasteiger partial charge in [0.2, 0.25) is 0 Å². The molecule has 5 rings (SSSR count). The summed E-state index contributed by atoms with van der Waals surface area (Å²) in [4.78, 5) is 19.2. The van der Waals surface area contributed by atoms with Gasteiger partial charge in [0.15, 0.2) is 0 Å². The molecule has 5 nitrogen and oxygen atoms in total. The van der Waals surface area contributed by atoms with Gasteiger partial charge in [-0.15, -0.1) is 0 Å². The SMILES string of the molecule is O=C(Oc1ccc(C=NOC(OCc2ccccc2)c2ccccc2)cc1)C1(c2ccc(Cl)cc2)CCCCC1. The van der Waals surface area contributed by atoms with Crippen molar-refractivity contribution in [2.45, 2.75) is 50.4 Å². The van der Waals surface area contributed by atoms with Crippen molar-refractivity contribution in [3.8, 4) is 5.75 Å². The van der Waals surface area contributed by atoms with E-state index in [1.54, 1.807) is 18.3 Å². The number of carbonyl (C=O) groups excluding carboxylic acids is 1. The molecule has 0 heterocycles. The van der Waals surface area contributed by atoms with E-state index in [0.29, 0.717) is 17.4 Å². The lowest BCUT2D eigenvalue weighted by molar-refractivity contribution is -0.153. The average molecular weight is 554 g/mol. The zero-order valence-corrected chi connectivity index (χ0v) is 23.0. The minimum Gasteiger partial charge on any atom is -0.426 e. The highest BCUT2D eigenvalue weighted by atomic mass is 35.5. The molecule has 1 fully saturated rings. The van der Waals surface area contributed by atoms with Crippen LogP contribution < -0.4 is 4.74 Å². The van der Waals surface area contributed by atoms with Crippen LogP contribution >= 0.6 is 11.6 Å². The molecule has 204 valence electrons. The summed E-state index contributed by atoms with van der Waals surface area (Å²) in [5.41, 5.74) is 3.04. The Kier molecular flexibility index (Phi) is 9.27. The fraction of sp³-hybridized carbons (Fsp3) is 0.235. The third-order valence-electron chi connectivity index (χ3n) is 7.26. The molecule has 1 atom stereocenters. The van der Waals surface area contributed by atoms with Crippen molar-refractivity contribution in [2.24, 2.45) is 5.16 Å². The topological polar surface area (TPSA) is 57.1 Å². The maximum Gasteiger partial charge on any atom is 0.321 e. The van der Waals surface area contributed by atoms with Gasteiger partial charge in [-0.1, -0.05) is 109 Å². The molecule has 40 heavy (non-hydrogen) atoms. The monoisotopic (exact) mass is 553 g/mol. The molecule has 0 N–H and O–H groups in total. The van der Waals surface area contributed by atoms with Crippen LogP contribution in [-0.4, -0.2) is 12.2 Å². The van der Waals surface area contributed by atoms with Gasteiger partial charge in [-0.25, -0.2) is 0 Å². The van der Waals surface area contributed by atoms with Gasteiger partial charge >= 0.3 is 5.97 Å². The second-order valence-electron chi connectivity index (χ2n) is 9.99. The van der Waals surface area contributed by atoms with Crippen molar-refractivity contribution in [1.82, 2.24) is 0 Å². The molecule has 4 aromatic carbocycles. The van der Waals surface area contributed by atoms with Crippen molar-refractivity contribution >= 4 is 23.8 Å². The summed E-state index contributed by atoms with van der Waals surface area (Å²) in [5.74, 6) is 0.274. The number of hydrogen-bond donors (Lipinski definition) is 0.